The van der Waals surface area contributed by atoms with Crippen molar-refractivity contribution in [1.82, 2.24) is 24.8 Å². The van der Waals surface area contributed by atoms with Crippen LogP contribution in [-0.2, 0) is 0 Å². The van der Waals surface area contributed by atoms with Gasteiger partial charge in [-0.05, 0) is 30.3 Å². The summed E-state index contributed by atoms with van der Waals surface area (Å²) < 4.78 is 6.95. The van der Waals surface area contributed by atoms with E-state index in [2.05, 4.69) is 20.3 Å². The van der Waals surface area contributed by atoms with E-state index in [1.54, 1.807) is 23.9 Å². The second kappa shape index (κ2) is 6.20. The Morgan fingerprint density at radius 3 is 2.64 bits per heavy atom. The standard InChI is InChI=1S/C18H16N6O/c1-23(13-6-4-3-5-7-13)17-9-8-16-20-21-18(24(16)22-17)15-12-14(25-2)10-11-19-15/h3-12H,1-2H3. The summed E-state index contributed by atoms with van der Waals surface area (Å²) in [7, 11) is 3.59. The maximum atomic E-state index is 5.26. The minimum atomic E-state index is 0.567. The summed E-state index contributed by atoms with van der Waals surface area (Å²) in [6, 6.07) is 17.4. The predicted molar refractivity (Wildman–Crippen MR) is 95.1 cm³/mol. The van der Waals surface area contributed by atoms with Gasteiger partial charge in [-0.25, -0.2) is 0 Å². The summed E-state index contributed by atoms with van der Waals surface area (Å²) >= 11 is 0. The Morgan fingerprint density at radius 2 is 1.84 bits per heavy atom. The van der Waals surface area contributed by atoms with Gasteiger partial charge in [0.15, 0.2) is 11.5 Å². The van der Waals surface area contributed by atoms with E-state index < -0.39 is 0 Å². The largest absolute Gasteiger partial charge is 0.497 e. The molecule has 4 rings (SSSR count). The Morgan fingerprint density at radius 1 is 1.00 bits per heavy atom. The molecule has 0 fully saturated rings. The molecule has 0 amide bonds. The first-order valence-corrected chi connectivity index (χ1v) is 7.78. The van der Waals surface area contributed by atoms with E-state index in [1.807, 2.05) is 60.5 Å². The van der Waals surface area contributed by atoms with Crippen molar-refractivity contribution in [2.45, 2.75) is 0 Å². The Kier molecular flexibility index (Phi) is 3.74. The summed E-state index contributed by atoms with van der Waals surface area (Å²) in [5.41, 5.74) is 2.35. The van der Waals surface area contributed by atoms with Gasteiger partial charge in [0.2, 0.25) is 5.82 Å². The molecule has 124 valence electrons. The Hall–Kier alpha value is -3.48. The highest BCUT2D eigenvalue weighted by atomic mass is 16.5. The number of pyridine rings is 1. The van der Waals surface area contributed by atoms with E-state index in [-0.39, 0.29) is 0 Å². The number of aromatic nitrogens is 5. The third kappa shape index (κ3) is 2.76. The molecule has 0 aliphatic carbocycles. The molecule has 1 aromatic carbocycles. The zero-order valence-corrected chi connectivity index (χ0v) is 13.9. The third-order valence-corrected chi connectivity index (χ3v) is 3.93. The van der Waals surface area contributed by atoms with Crippen LogP contribution in [0.3, 0.4) is 0 Å². The van der Waals surface area contributed by atoms with Gasteiger partial charge in [0.1, 0.15) is 11.4 Å². The molecular formula is C18H16N6O. The van der Waals surface area contributed by atoms with Gasteiger partial charge < -0.3 is 9.64 Å². The number of fused-ring (bicyclic) bond motifs is 1. The van der Waals surface area contributed by atoms with E-state index in [9.17, 15) is 0 Å². The molecule has 4 aromatic rings. The van der Waals surface area contributed by atoms with Crippen LogP contribution in [0.2, 0.25) is 0 Å². The first-order valence-electron chi connectivity index (χ1n) is 7.78. The fourth-order valence-electron chi connectivity index (χ4n) is 2.56. The third-order valence-electron chi connectivity index (χ3n) is 3.93. The maximum absolute atomic E-state index is 5.26. The van der Waals surface area contributed by atoms with Crippen LogP contribution >= 0.6 is 0 Å². The van der Waals surface area contributed by atoms with E-state index >= 15 is 0 Å². The summed E-state index contributed by atoms with van der Waals surface area (Å²) in [5, 5.41) is 13.1. The molecule has 0 saturated carbocycles. The molecule has 7 heteroatoms. The molecule has 3 heterocycles. The van der Waals surface area contributed by atoms with Gasteiger partial charge in [-0.3, -0.25) is 4.98 Å². The summed E-state index contributed by atoms with van der Waals surface area (Å²) in [6.07, 6.45) is 1.68. The average molecular weight is 332 g/mol. The zero-order valence-electron chi connectivity index (χ0n) is 13.9. The van der Waals surface area contributed by atoms with Crippen LogP contribution in [0, 0.1) is 0 Å². The maximum Gasteiger partial charge on any atom is 0.203 e. The van der Waals surface area contributed by atoms with E-state index in [1.165, 1.54) is 0 Å². The molecule has 0 bridgehead atoms. The predicted octanol–water partition coefficient (Wildman–Crippen LogP) is 2.96. The van der Waals surface area contributed by atoms with E-state index in [0.717, 1.165) is 11.5 Å². The monoisotopic (exact) mass is 332 g/mol. The normalized spacial score (nSPS) is 10.8. The van der Waals surface area contributed by atoms with Gasteiger partial charge in [0.25, 0.3) is 0 Å². The van der Waals surface area contributed by atoms with Gasteiger partial charge in [-0.2, -0.15) is 4.52 Å². The van der Waals surface area contributed by atoms with Crippen LogP contribution in [0.15, 0.2) is 60.8 Å². The minimum absolute atomic E-state index is 0.567. The molecule has 0 aliphatic rings. The van der Waals surface area contributed by atoms with Crippen LogP contribution in [0.25, 0.3) is 17.2 Å². The van der Waals surface area contributed by atoms with Gasteiger partial charge in [-0.1, -0.05) is 18.2 Å². The van der Waals surface area contributed by atoms with Crippen molar-refractivity contribution in [2.24, 2.45) is 0 Å². The number of methoxy groups -OCH3 is 1. The van der Waals surface area contributed by atoms with Gasteiger partial charge >= 0.3 is 0 Å². The highest BCUT2D eigenvalue weighted by Gasteiger charge is 2.14. The fraction of sp³-hybridized carbons (Fsp3) is 0.111. The van der Waals surface area contributed by atoms with Crippen molar-refractivity contribution in [3.05, 3.63) is 60.8 Å². The molecule has 0 aliphatic heterocycles. The van der Waals surface area contributed by atoms with Crippen molar-refractivity contribution < 1.29 is 4.74 Å². The fourth-order valence-corrected chi connectivity index (χ4v) is 2.56. The molecule has 0 atom stereocenters. The molecular weight excluding hydrogens is 316 g/mol. The van der Waals surface area contributed by atoms with Gasteiger partial charge in [0, 0.05) is 25.0 Å². The molecule has 0 radical (unpaired) electrons. The Labute approximate surface area is 144 Å². The second-order valence-corrected chi connectivity index (χ2v) is 5.46. The van der Waals surface area contributed by atoms with Crippen molar-refractivity contribution in [2.75, 3.05) is 19.1 Å². The second-order valence-electron chi connectivity index (χ2n) is 5.46. The lowest BCUT2D eigenvalue weighted by atomic mass is 10.3. The number of ether oxygens (including phenoxy) is 1. The van der Waals surface area contributed by atoms with Crippen LogP contribution in [0.1, 0.15) is 0 Å². The van der Waals surface area contributed by atoms with Gasteiger partial charge in [-0.15, -0.1) is 15.3 Å². The smallest absolute Gasteiger partial charge is 0.203 e. The molecule has 0 unspecified atom stereocenters. The first kappa shape index (κ1) is 15.1. The number of hydrogen-bond donors (Lipinski definition) is 0. The zero-order chi connectivity index (χ0) is 17.2. The topological polar surface area (TPSA) is 68.4 Å². The average Bonchev–Trinajstić information content (AvgIpc) is 3.11. The van der Waals surface area contributed by atoms with Crippen molar-refractivity contribution in [1.29, 1.82) is 0 Å². The lowest BCUT2D eigenvalue weighted by Crippen LogP contribution is -2.13. The van der Waals surface area contributed by atoms with Crippen LogP contribution < -0.4 is 9.64 Å². The number of para-hydroxylation sites is 1. The number of benzene rings is 1. The minimum Gasteiger partial charge on any atom is -0.497 e. The van der Waals surface area contributed by atoms with E-state index in [4.69, 9.17) is 4.74 Å². The molecule has 25 heavy (non-hydrogen) atoms. The van der Waals surface area contributed by atoms with Gasteiger partial charge in [0.05, 0.1) is 7.11 Å². The SMILES string of the molecule is COc1ccnc(-c2nnc3ccc(N(C)c4ccccc4)nn23)c1. The summed E-state index contributed by atoms with van der Waals surface area (Å²) in [5.74, 6) is 2.05. The van der Waals surface area contributed by atoms with Crippen molar-refractivity contribution >= 4 is 17.2 Å². The number of hydrogen-bond acceptors (Lipinski definition) is 6. The quantitative estimate of drug-likeness (QED) is 0.572. The molecule has 7 nitrogen and oxygen atoms in total. The van der Waals surface area contributed by atoms with Crippen molar-refractivity contribution in [3.8, 4) is 17.3 Å². The lowest BCUT2D eigenvalue weighted by molar-refractivity contribution is 0.414. The summed E-state index contributed by atoms with van der Waals surface area (Å²) in [6.45, 7) is 0. The molecule has 0 spiro atoms. The highest BCUT2D eigenvalue weighted by molar-refractivity contribution is 5.62. The number of nitrogens with zero attached hydrogens (tertiary/aromatic N) is 6. The molecule has 0 N–H and O–H groups in total. The number of rotatable bonds is 4. The molecule has 3 aromatic heterocycles. The Bertz CT molecular complexity index is 1010. The molecule has 0 saturated heterocycles. The number of anilines is 2. The van der Waals surface area contributed by atoms with Crippen molar-refractivity contribution in [3.63, 3.8) is 0 Å². The van der Waals surface area contributed by atoms with E-state index in [0.29, 0.717) is 22.9 Å². The first-order chi connectivity index (χ1) is 12.3. The van der Waals surface area contributed by atoms with Crippen LogP contribution in [-0.4, -0.2) is 39.0 Å². The van der Waals surface area contributed by atoms with Crippen LogP contribution in [0.4, 0.5) is 11.5 Å². The summed E-state index contributed by atoms with van der Waals surface area (Å²) in [4.78, 5) is 6.36. The lowest BCUT2D eigenvalue weighted by Gasteiger charge is -2.18. The highest BCUT2D eigenvalue weighted by Crippen LogP contribution is 2.24. The van der Waals surface area contributed by atoms with Crippen LogP contribution in [0.5, 0.6) is 5.75 Å². The Balaban J connectivity index is 1.80.